The third-order valence-corrected chi connectivity index (χ3v) is 3.18. The van der Waals surface area contributed by atoms with E-state index in [1.165, 1.54) is 0 Å². The van der Waals surface area contributed by atoms with Crippen LogP contribution in [0.4, 0.5) is 0 Å². The third kappa shape index (κ3) is 2.24. The van der Waals surface area contributed by atoms with Crippen molar-refractivity contribution in [3.8, 4) is 0 Å². The van der Waals surface area contributed by atoms with Crippen LogP contribution in [0.25, 0.3) is 0 Å². The van der Waals surface area contributed by atoms with Gasteiger partial charge in [-0.1, -0.05) is 6.42 Å². The highest BCUT2D eigenvalue weighted by Crippen LogP contribution is 2.19. The number of aromatic nitrogens is 2. The van der Waals surface area contributed by atoms with Gasteiger partial charge in [-0.2, -0.15) is 0 Å². The summed E-state index contributed by atoms with van der Waals surface area (Å²) in [6.45, 7) is 1.54. The van der Waals surface area contributed by atoms with E-state index in [0.717, 1.165) is 31.5 Å². The molecule has 0 radical (unpaired) electrons. The van der Waals surface area contributed by atoms with Gasteiger partial charge in [-0.25, -0.2) is 4.98 Å². The van der Waals surface area contributed by atoms with Gasteiger partial charge in [-0.15, -0.1) is 0 Å². The van der Waals surface area contributed by atoms with Crippen LogP contribution in [-0.4, -0.2) is 38.1 Å². The number of carbonyl (C=O) groups is 1. The van der Waals surface area contributed by atoms with E-state index < -0.39 is 5.97 Å². The van der Waals surface area contributed by atoms with Gasteiger partial charge in [0.25, 0.3) is 0 Å². The lowest BCUT2D eigenvalue weighted by atomic mass is 10.0. The maximum absolute atomic E-state index is 11.1. The lowest BCUT2D eigenvalue weighted by Crippen LogP contribution is -2.44. The molecule has 0 saturated carbocycles. The van der Waals surface area contributed by atoms with Crippen LogP contribution in [0.1, 0.15) is 25.0 Å². The molecule has 0 aliphatic carbocycles. The Morgan fingerprint density at radius 3 is 3.06 bits per heavy atom. The van der Waals surface area contributed by atoms with E-state index >= 15 is 0 Å². The smallest absolute Gasteiger partial charge is 0.320 e. The Labute approximate surface area is 94.7 Å². The molecule has 0 bridgehead atoms. The molecular formula is C11H17N3O2. The van der Waals surface area contributed by atoms with Crippen LogP contribution in [0.2, 0.25) is 0 Å². The Balaban J connectivity index is 2.07. The third-order valence-electron chi connectivity index (χ3n) is 3.18. The van der Waals surface area contributed by atoms with Gasteiger partial charge < -0.3 is 9.67 Å². The van der Waals surface area contributed by atoms with Crippen molar-refractivity contribution < 1.29 is 9.90 Å². The molecule has 2 rings (SSSR count). The average Bonchev–Trinajstić information content (AvgIpc) is 2.65. The zero-order valence-corrected chi connectivity index (χ0v) is 9.46. The standard InChI is InChI=1S/C11H17N3O2/c1-13-8-12-6-9(13)7-14-5-3-2-4-10(14)11(15)16/h6,8,10H,2-5,7H2,1H3,(H,15,16). The van der Waals surface area contributed by atoms with E-state index in [-0.39, 0.29) is 6.04 Å². The minimum Gasteiger partial charge on any atom is -0.480 e. The molecular weight excluding hydrogens is 206 g/mol. The van der Waals surface area contributed by atoms with Gasteiger partial charge in [0, 0.05) is 19.8 Å². The average molecular weight is 223 g/mol. The van der Waals surface area contributed by atoms with E-state index in [1.807, 2.05) is 16.5 Å². The van der Waals surface area contributed by atoms with Crippen molar-refractivity contribution in [3.63, 3.8) is 0 Å². The molecule has 1 aromatic heterocycles. The summed E-state index contributed by atoms with van der Waals surface area (Å²) in [4.78, 5) is 17.2. The van der Waals surface area contributed by atoms with Crippen molar-refractivity contribution in [2.75, 3.05) is 6.54 Å². The van der Waals surface area contributed by atoms with Gasteiger partial charge in [-0.05, 0) is 19.4 Å². The van der Waals surface area contributed by atoms with Crippen LogP contribution in [0.15, 0.2) is 12.5 Å². The maximum atomic E-state index is 11.1. The first-order chi connectivity index (χ1) is 7.68. The van der Waals surface area contributed by atoms with E-state index in [2.05, 4.69) is 4.98 Å². The summed E-state index contributed by atoms with van der Waals surface area (Å²) in [5, 5.41) is 9.14. The SMILES string of the molecule is Cn1cncc1CN1CCCCC1C(=O)O. The monoisotopic (exact) mass is 223 g/mol. The predicted molar refractivity (Wildman–Crippen MR) is 58.9 cm³/mol. The molecule has 1 fully saturated rings. The van der Waals surface area contributed by atoms with E-state index in [4.69, 9.17) is 5.11 Å². The number of carboxylic acids is 1. The van der Waals surface area contributed by atoms with Crippen molar-refractivity contribution >= 4 is 5.97 Å². The summed E-state index contributed by atoms with van der Waals surface area (Å²) >= 11 is 0. The first-order valence-corrected chi connectivity index (χ1v) is 5.60. The Bertz CT molecular complexity index is 375. The second-order valence-corrected chi connectivity index (χ2v) is 4.32. The number of likely N-dealkylation sites (tertiary alicyclic amines) is 1. The van der Waals surface area contributed by atoms with Crippen molar-refractivity contribution in [3.05, 3.63) is 18.2 Å². The van der Waals surface area contributed by atoms with Gasteiger partial charge >= 0.3 is 5.97 Å². The van der Waals surface area contributed by atoms with Crippen LogP contribution in [0, 0.1) is 0 Å². The number of nitrogens with zero attached hydrogens (tertiary/aromatic N) is 3. The molecule has 0 aromatic carbocycles. The zero-order chi connectivity index (χ0) is 11.5. The van der Waals surface area contributed by atoms with Crippen molar-refractivity contribution in [2.24, 2.45) is 7.05 Å². The summed E-state index contributed by atoms with van der Waals surface area (Å²) in [6.07, 6.45) is 6.40. The highest BCUT2D eigenvalue weighted by Gasteiger charge is 2.28. The Kier molecular flexibility index (Phi) is 3.24. The van der Waals surface area contributed by atoms with Gasteiger partial charge in [0.05, 0.1) is 12.0 Å². The van der Waals surface area contributed by atoms with Crippen molar-refractivity contribution in [1.29, 1.82) is 0 Å². The molecule has 1 aromatic rings. The number of hydrogen-bond donors (Lipinski definition) is 1. The second kappa shape index (κ2) is 4.65. The number of piperidine rings is 1. The highest BCUT2D eigenvalue weighted by atomic mass is 16.4. The molecule has 5 heteroatoms. The molecule has 1 atom stereocenters. The highest BCUT2D eigenvalue weighted by molar-refractivity contribution is 5.73. The number of imidazole rings is 1. The fraction of sp³-hybridized carbons (Fsp3) is 0.636. The summed E-state index contributed by atoms with van der Waals surface area (Å²) < 4.78 is 1.94. The zero-order valence-electron chi connectivity index (χ0n) is 9.46. The van der Waals surface area contributed by atoms with Gasteiger partial charge in [-0.3, -0.25) is 9.69 Å². The number of aryl methyl sites for hydroxylation is 1. The Hall–Kier alpha value is -1.36. The summed E-state index contributed by atoms with van der Waals surface area (Å²) in [5.41, 5.74) is 1.06. The van der Waals surface area contributed by atoms with E-state index in [9.17, 15) is 4.79 Å². The molecule has 1 unspecified atom stereocenters. The number of rotatable bonds is 3. The molecule has 1 N–H and O–H groups in total. The number of aliphatic carboxylic acids is 1. The normalized spacial score (nSPS) is 22.2. The largest absolute Gasteiger partial charge is 0.480 e. The molecule has 1 saturated heterocycles. The molecule has 2 heterocycles. The Morgan fingerprint density at radius 2 is 2.44 bits per heavy atom. The van der Waals surface area contributed by atoms with Crippen LogP contribution >= 0.6 is 0 Å². The van der Waals surface area contributed by atoms with Crippen molar-refractivity contribution in [2.45, 2.75) is 31.8 Å². The maximum Gasteiger partial charge on any atom is 0.320 e. The first kappa shape index (κ1) is 11.1. The van der Waals surface area contributed by atoms with Crippen LogP contribution < -0.4 is 0 Å². The molecule has 5 nitrogen and oxygen atoms in total. The summed E-state index contributed by atoms with van der Waals surface area (Å²) in [6, 6.07) is -0.330. The molecule has 0 amide bonds. The minimum atomic E-state index is -0.707. The fourth-order valence-electron chi connectivity index (χ4n) is 2.20. The van der Waals surface area contributed by atoms with E-state index in [0.29, 0.717) is 6.54 Å². The quantitative estimate of drug-likeness (QED) is 0.825. The van der Waals surface area contributed by atoms with Gasteiger partial charge in [0.15, 0.2) is 0 Å². The van der Waals surface area contributed by atoms with Gasteiger partial charge in [0.1, 0.15) is 6.04 Å². The van der Waals surface area contributed by atoms with Crippen LogP contribution in [-0.2, 0) is 18.4 Å². The topological polar surface area (TPSA) is 58.4 Å². The molecule has 88 valence electrons. The molecule has 1 aliphatic rings. The van der Waals surface area contributed by atoms with E-state index in [1.54, 1.807) is 12.5 Å². The van der Waals surface area contributed by atoms with Crippen LogP contribution in [0.3, 0.4) is 0 Å². The molecule has 0 spiro atoms. The summed E-state index contributed by atoms with van der Waals surface area (Å²) in [7, 11) is 1.93. The lowest BCUT2D eigenvalue weighted by Gasteiger charge is -2.32. The van der Waals surface area contributed by atoms with Gasteiger partial charge in [0.2, 0.25) is 0 Å². The number of hydrogen-bond acceptors (Lipinski definition) is 3. The molecule has 1 aliphatic heterocycles. The fourth-order valence-corrected chi connectivity index (χ4v) is 2.20. The molecule has 16 heavy (non-hydrogen) atoms. The van der Waals surface area contributed by atoms with Crippen LogP contribution in [0.5, 0.6) is 0 Å². The number of carboxylic acid groups (broad SMARTS) is 1. The first-order valence-electron chi connectivity index (χ1n) is 5.60. The predicted octanol–water partition coefficient (Wildman–Crippen LogP) is 0.859. The second-order valence-electron chi connectivity index (χ2n) is 4.32. The lowest BCUT2D eigenvalue weighted by molar-refractivity contribution is -0.144. The summed E-state index contributed by atoms with van der Waals surface area (Å²) in [5.74, 6) is -0.707. The van der Waals surface area contributed by atoms with Crippen molar-refractivity contribution in [1.82, 2.24) is 14.5 Å². The Morgan fingerprint density at radius 1 is 1.62 bits per heavy atom. The minimum absolute atomic E-state index is 0.330.